The standard InChI is InChI=1S/C18H16ClN5O2/c1-26-17(25)13-7-3-5-9-15(13)22-18-23-16(11-21-24-18)20-10-12-6-2-4-8-14(12)19/h2-9,11H,10H2,1H3,(H2,20,22,23,24). The Balaban J connectivity index is 1.74. The van der Waals surface area contributed by atoms with Crippen molar-refractivity contribution in [3.05, 3.63) is 70.9 Å². The van der Waals surface area contributed by atoms with Crippen molar-refractivity contribution < 1.29 is 9.53 Å². The van der Waals surface area contributed by atoms with Crippen molar-refractivity contribution in [1.29, 1.82) is 0 Å². The van der Waals surface area contributed by atoms with Crippen molar-refractivity contribution in [2.24, 2.45) is 0 Å². The number of aromatic nitrogens is 3. The molecule has 0 aliphatic heterocycles. The number of hydrogen-bond donors (Lipinski definition) is 2. The van der Waals surface area contributed by atoms with E-state index in [1.165, 1.54) is 13.3 Å². The molecule has 0 fully saturated rings. The molecular weight excluding hydrogens is 354 g/mol. The summed E-state index contributed by atoms with van der Waals surface area (Å²) in [6.45, 7) is 0.497. The summed E-state index contributed by atoms with van der Waals surface area (Å²) in [5, 5.41) is 14.7. The molecule has 8 heteroatoms. The van der Waals surface area contributed by atoms with Crippen molar-refractivity contribution >= 4 is 35.0 Å². The highest BCUT2D eigenvalue weighted by Crippen LogP contribution is 2.20. The van der Waals surface area contributed by atoms with Crippen LogP contribution in [0.5, 0.6) is 0 Å². The molecule has 2 aromatic carbocycles. The molecule has 0 saturated carbocycles. The first-order chi connectivity index (χ1) is 12.7. The van der Waals surface area contributed by atoms with Gasteiger partial charge in [0.15, 0.2) is 5.82 Å². The number of rotatable bonds is 6. The number of ether oxygens (including phenoxy) is 1. The topological polar surface area (TPSA) is 89.0 Å². The average Bonchev–Trinajstić information content (AvgIpc) is 2.67. The molecule has 0 aliphatic carbocycles. The molecule has 3 aromatic rings. The van der Waals surface area contributed by atoms with Gasteiger partial charge in [-0.3, -0.25) is 0 Å². The van der Waals surface area contributed by atoms with Gasteiger partial charge >= 0.3 is 5.97 Å². The van der Waals surface area contributed by atoms with E-state index in [0.29, 0.717) is 28.6 Å². The SMILES string of the molecule is COC(=O)c1ccccc1Nc1nncc(NCc2ccccc2Cl)n1. The summed E-state index contributed by atoms with van der Waals surface area (Å²) in [7, 11) is 1.33. The Hall–Kier alpha value is -3.19. The molecule has 132 valence electrons. The van der Waals surface area contributed by atoms with Gasteiger partial charge in [-0.15, -0.1) is 5.10 Å². The van der Waals surface area contributed by atoms with Gasteiger partial charge in [0.05, 0.1) is 24.6 Å². The molecule has 3 rings (SSSR count). The molecule has 2 N–H and O–H groups in total. The van der Waals surface area contributed by atoms with E-state index in [9.17, 15) is 4.79 Å². The smallest absolute Gasteiger partial charge is 0.339 e. The zero-order valence-corrected chi connectivity index (χ0v) is 14.7. The lowest BCUT2D eigenvalue weighted by molar-refractivity contribution is 0.0602. The van der Waals surface area contributed by atoms with E-state index in [2.05, 4.69) is 25.8 Å². The number of halogens is 1. The van der Waals surface area contributed by atoms with Crippen LogP contribution in [0, 0.1) is 0 Å². The molecule has 0 atom stereocenters. The van der Waals surface area contributed by atoms with Crippen LogP contribution in [0.4, 0.5) is 17.5 Å². The maximum absolute atomic E-state index is 11.8. The number of esters is 1. The second-order valence-electron chi connectivity index (χ2n) is 5.27. The van der Waals surface area contributed by atoms with Gasteiger partial charge in [0.1, 0.15) is 0 Å². The number of carbonyl (C=O) groups is 1. The number of hydrogen-bond acceptors (Lipinski definition) is 7. The Morgan fingerprint density at radius 1 is 1.15 bits per heavy atom. The molecule has 0 saturated heterocycles. The Bertz CT molecular complexity index is 919. The molecule has 7 nitrogen and oxygen atoms in total. The van der Waals surface area contributed by atoms with Crippen LogP contribution >= 0.6 is 11.6 Å². The minimum atomic E-state index is -0.450. The van der Waals surface area contributed by atoms with E-state index in [-0.39, 0.29) is 5.95 Å². The lowest BCUT2D eigenvalue weighted by atomic mass is 10.2. The third-order valence-corrected chi connectivity index (χ3v) is 3.92. The lowest BCUT2D eigenvalue weighted by Gasteiger charge is -2.10. The van der Waals surface area contributed by atoms with Crippen LogP contribution in [0.3, 0.4) is 0 Å². The van der Waals surface area contributed by atoms with Crippen molar-refractivity contribution in [3.63, 3.8) is 0 Å². The minimum absolute atomic E-state index is 0.255. The summed E-state index contributed by atoms with van der Waals surface area (Å²) in [6, 6.07) is 14.5. The fourth-order valence-electron chi connectivity index (χ4n) is 2.27. The molecule has 0 aliphatic rings. The summed E-state index contributed by atoms with van der Waals surface area (Å²) in [5.41, 5.74) is 1.86. The zero-order valence-electron chi connectivity index (χ0n) is 13.9. The molecule has 26 heavy (non-hydrogen) atoms. The van der Waals surface area contributed by atoms with Gasteiger partial charge in [0.2, 0.25) is 5.95 Å². The largest absolute Gasteiger partial charge is 0.465 e. The molecule has 0 bridgehead atoms. The van der Waals surface area contributed by atoms with Crippen LogP contribution in [0.1, 0.15) is 15.9 Å². The second kappa shape index (κ2) is 8.26. The molecule has 0 spiro atoms. The normalized spacial score (nSPS) is 10.2. The molecule has 0 radical (unpaired) electrons. The zero-order chi connectivity index (χ0) is 18.4. The highest BCUT2D eigenvalue weighted by molar-refractivity contribution is 6.31. The van der Waals surface area contributed by atoms with E-state index in [0.717, 1.165) is 5.56 Å². The Kier molecular flexibility index (Phi) is 5.60. The number of para-hydroxylation sites is 1. The fraction of sp³-hybridized carbons (Fsp3) is 0.111. The highest BCUT2D eigenvalue weighted by Gasteiger charge is 2.12. The van der Waals surface area contributed by atoms with Crippen LogP contribution in [0.25, 0.3) is 0 Å². The summed E-state index contributed by atoms with van der Waals surface area (Å²) in [6.07, 6.45) is 1.51. The second-order valence-corrected chi connectivity index (χ2v) is 5.68. The van der Waals surface area contributed by atoms with Gasteiger partial charge in [0, 0.05) is 11.6 Å². The first-order valence-corrected chi connectivity index (χ1v) is 8.16. The van der Waals surface area contributed by atoms with Crippen LogP contribution in [0.15, 0.2) is 54.7 Å². The van der Waals surface area contributed by atoms with Gasteiger partial charge in [-0.1, -0.05) is 41.9 Å². The van der Waals surface area contributed by atoms with Crippen LogP contribution in [0.2, 0.25) is 5.02 Å². The number of anilines is 3. The first kappa shape index (κ1) is 17.6. The van der Waals surface area contributed by atoms with E-state index in [1.807, 2.05) is 24.3 Å². The van der Waals surface area contributed by atoms with Crippen molar-refractivity contribution in [3.8, 4) is 0 Å². The van der Waals surface area contributed by atoms with Crippen molar-refractivity contribution in [2.75, 3.05) is 17.7 Å². The first-order valence-electron chi connectivity index (χ1n) is 7.78. The quantitative estimate of drug-likeness (QED) is 0.641. The molecular formula is C18H16ClN5O2. The van der Waals surface area contributed by atoms with E-state index < -0.39 is 5.97 Å². The Labute approximate surface area is 155 Å². The summed E-state index contributed by atoms with van der Waals surface area (Å²) >= 11 is 6.15. The van der Waals surface area contributed by atoms with Crippen molar-refractivity contribution in [2.45, 2.75) is 6.54 Å². The van der Waals surface area contributed by atoms with E-state index >= 15 is 0 Å². The van der Waals surface area contributed by atoms with Gasteiger partial charge in [-0.25, -0.2) is 4.79 Å². The molecule has 1 aromatic heterocycles. The number of nitrogens with zero attached hydrogens (tertiary/aromatic N) is 3. The number of nitrogens with one attached hydrogen (secondary N) is 2. The Morgan fingerprint density at radius 2 is 1.92 bits per heavy atom. The molecule has 1 heterocycles. The molecule has 0 amide bonds. The summed E-state index contributed by atoms with van der Waals surface area (Å²) in [4.78, 5) is 16.2. The molecule has 0 unspecified atom stereocenters. The fourth-order valence-corrected chi connectivity index (χ4v) is 2.47. The van der Waals surface area contributed by atoms with Crippen molar-refractivity contribution in [1.82, 2.24) is 15.2 Å². The predicted octanol–water partition coefficient (Wildman–Crippen LogP) is 3.67. The summed E-state index contributed by atoms with van der Waals surface area (Å²) < 4.78 is 4.78. The predicted molar refractivity (Wildman–Crippen MR) is 99.7 cm³/mol. The van der Waals surface area contributed by atoms with E-state index in [4.69, 9.17) is 16.3 Å². The Morgan fingerprint density at radius 3 is 2.73 bits per heavy atom. The number of benzene rings is 2. The van der Waals surface area contributed by atoms with Gasteiger partial charge in [0.25, 0.3) is 0 Å². The third kappa shape index (κ3) is 4.25. The maximum Gasteiger partial charge on any atom is 0.339 e. The third-order valence-electron chi connectivity index (χ3n) is 3.56. The highest BCUT2D eigenvalue weighted by atomic mass is 35.5. The summed E-state index contributed by atoms with van der Waals surface area (Å²) in [5.74, 6) is 0.331. The number of methoxy groups -OCH3 is 1. The number of carbonyl (C=O) groups excluding carboxylic acids is 1. The van der Waals surface area contributed by atoms with Crippen LogP contribution in [-0.2, 0) is 11.3 Å². The monoisotopic (exact) mass is 369 g/mol. The van der Waals surface area contributed by atoms with Gasteiger partial charge < -0.3 is 15.4 Å². The van der Waals surface area contributed by atoms with Crippen LogP contribution in [-0.4, -0.2) is 28.3 Å². The van der Waals surface area contributed by atoms with Crippen LogP contribution < -0.4 is 10.6 Å². The lowest BCUT2D eigenvalue weighted by Crippen LogP contribution is -2.09. The maximum atomic E-state index is 11.8. The van der Waals surface area contributed by atoms with Gasteiger partial charge in [-0.05, 0) is 23.8 Å². The average molecular weight is 370 g/mol. The minimum Gasteiger partial charge on any atom is -0.465 e. The van der Waals surface area contributed by atoms with E-state index in [1.54, 1.807) is 24.3 Å². The van der Waals surface area contributed by atoms with Gasteiger partial charge in [-0.2, -0.15) is 10.1 Å².